The van der Waals surface area contributed by atoms with Crippen molar-refractivity contribution < 1.29 is 4.79 Å². The van der Waals surface area contributed by atoms with Gasteiger partial charge in [0.25, 0.3) is 0 Å². The molecule has 1 heterocycles. The number of amides is 2. The van der Waals surface area contributed by atoms with Crippen LogP contribution >= 0.6 is 15.9 Å². The molecule has 0 bridgehead atoms. The van der Waals surface area contributed by atoms with Crippen molar-refractivity contribution >= 4 is 27.8 Å². The Morgan fingerprint density at radius 1 is 1.50 bits per heavy atom. The second kappa shape index (κ2) is 4.64. The molecule has 102 valence electrons. The molecule has 1 atom stereocenters. The summed E-state index contributed by atoms with van der Waals surface area (Å²) in [5.41, 5.74) is 8.01. The van der Waals surface area contributed by atoms with Gasteiger partial charge in [-0.2, -0.15) is 4.99 Å². The maximum atomic E-state index is 12.0. The Labute approximate surface area is 126 Å². The average Bonchev–Trinajstić information content (AvgIpc) is 2.64. The Kier molecular flexibility index (Phi) is 3.06. The summed E-state index contributed by atoms with van der Waals surface area (Å²) in [6.07, 6.45) is 7.68. The summed E-state index contributed by atoms with van der Waals surface area (Å²) < 4.78 is 1.07. The van der Waals surface area contributed by atoms with E-state index in [1.54, 1.807) is 4.90 Å². The van der Waals surface area contributed by atoms with Crippen molar-refractivity contribution in [2.45, 2.75) is 24.8 Å². The molecule has 1 aliphatic heterocycles. The van der Waals surface area contributed by atoms with E-state index in [-0.39, 0.29) is 12.6 Å². The molecular weight excluding hydrogens is 318 g/mol. The minimum absolute atomic E-state index is 0.245. The molecule has 3 rings (SSSR count). The third-order valence-electron chi connectivity index (χ3n) is 4.15. The minimum atomic E-state index is -0.537. The SMILES string of the molecule is C#CCN1C(=O)N=C(N)C12CCc1cc(Br)ccc1C2. The van der Waals surface area contributed by atoms with Gasteiger partial charge in [0.2, 0.25) is 0 Å². The van der Waals surface area contributed by atoms with Gasteiger partial charge < -0.3 is 5.73 Å². The standard InChI is InChI=1S/C15H14BrN3O/c1-2-7-19-14(20)18-13(17)15(19)6-5-10-8-12(16)4-3-11(10)9-15/h1,3-4,8H,5-7,9H2,(H2,17,18,20). The van der Waals surface area contributed by atoms with E-state index in [2.05, 4.69) is 39.0 Å². The lowest BCUT2D eigenvalue weighted by atomic mass is 9.76. The molecule has 1 aromatic rings. The van der Waals surface area contributed by atoms with Gasteiger partial charge in [-0.1, -0.05) is 27.9 Å². The highest BCUT2D eigenvalue weighted by atomic mass is 79.9. The maximum absolute atomic E-state index is 12.0. The molecule has 20 heavy (non-hydrogen) atoms. The Morgan fingerprint density at radius 2 is 2.30 bits per heavy atom. The molecular formula is C15H14BrN3O. The average molecular weight is 332 g/mol. The molecule has 2 amide bonds. The fraction of sp³-hybridized carbons (Fsp3) is 0.333. The first-order valence-corrected chi connectivity index (χ1v) is 7.23. The summed E-state index contributed by atoms with van der Waals surface area (Å²) in [5, 5.41) is 0. The molecule has 1 aliphatic carbocycles. The quantitative estimate of drug-likeness (QED) is 0.801. The molecule has 5 heteroatoms. The van der Waals surface area contributed by atoms with Gasteiger partial charge >= 0.3 is 6.03 Å². The van der Waals surface area contributed by atoms with Crippen LogP contribution in [-0.2, 0) is 12.8 Å². The van der Waals surface area contributed by atoms with Crippen molar-refractivity contribution in [1.82, 2.24) is 4.90 Å². The lowest BCUT2D eigenvalue weighted by Crippen LogP contribution is -2.57. The fourth-order valence-electron chi connectivity index (χ4n) is 3.09. The maximum Gasteiger partial charge on any atom is 0.346 e. The summed E-state index contributed by atoms with van der Waals surface area (Å²) in [4.78, 5) is 17.5. The van der Waals surface area contributed by atoms with E-state index in [0.717, 1.165) is 17.3 Å². The number of urea groups is 1. The topological polar surface area (TPSA) is 58.7 Å². The lowest BCUT2D eigenvalue weighted by molar-refractivity contribution is 0.172. The smallest absolute Gasteiger partial charge is 0.346 e. The number of hydrogen-bond donors (Lipinski definition) is 1. The first-order valence-electron chi connectivity index (χ1n) is 6.44. The van der Waals surface area contributed by atoms with Crippen molar-refractivity contribution in [2.75, 3.05) is 6.54 Å². The van der Waals surface area contributed by atoms with Gasteiger partial charge in [-0.3, -0.25) is 4.90 Å². The second-order valence-corrected chi connectivity index (χ2v) is 6.11. The first-order chi connectivity index (χ1) is 9.56. The number of benzene rings is 1. The van der Waals surface area contributed by atoms with Crippen LogP contribution in [0.15, 0.2) is 27.7 Å². The number of terminal acetylenes is 1. The van der Waals surface area contributed by atoms with Crippen LogP contribution in [0.3, 0.4) is 0 Å². The molecule has 0 fully saturated rings. The van der Waals surface area contributed by atoms with E-state index in [4.69, 9.17) is 12.2 Å². The van der Waals surface area contributed by atoms with E-state index in [0.29, 0.717) is 12.3 Å². The molecule has 2 N–H and O–H groups in total. The second-order valence-electron chi connectivity index (χ2n) is 5.19. The number of nitrogens with zero attached hydrogens (tertiary/aromatic N) is 2. The normalized spacial score (nSPS) is 24.5. The van der Waals surface area contributed by atoms with Crippen LogP contribution in [0.1, 0.15) is 17.5 Å². The Balaban J connectivity index is 2.02. The van der Waals surface area contributed by atoms with Gasteiger partial charge in [0.05, 0.1) is 6.54 Å². The highest BCUT2D eigenvalue weighted by Crippen LogP contribution is 2.37. The van der Waals surface area contributed by atoms with Crippen LogP contribution in [0.25, 0.3) is 0 Å². The van der Waals surface area contributed by atoms with Crippen LogP contribution in [0, 0.1) is 12.3 Å². The molecule has 1 spiro atoms. The zero-order valence-electron chi connectivity index (χ0n) is 10.9. The highest BCUT2D eigenvalue weighted by molar-refractivity contribution is 9.10. The van der Waals surface area contributed by atoms with Gasteiger partial charge in [0, 0.05) is 10.9 Å². The number of hydrogen-bond acceptors (Lipinski definition) is 2. The highest BCUT2D eigenvalue weighted by Gasteiger charge is 2.49. The summed E-state index contributed by atoms with van der Waals surface area (Å²) in [6.45, 7) is 0.245. The van der Waals surface area contributed by atoms with E-state index in [1.165, 1.54) is 11.1 Å². The largest absolute Gasteiger partial charge is 0.385 e. The van der Waals surface area contributed by atoms with Crippen molar-refractivity contribution in [3.05, 3.63) is 33.8 Å². The minimum Gasteiger partial charge on any atom is -0.385 e. The number of aliphatic imine (C=N–C) groups is 1. The number of amidine groups is 1. The van der Waals surface area contributed by atoms with Gasteiger partial charge in [-0.05, 0) is 36.1 Å². The predicted molar refractivity (Wildman–Crippen MR) is 81.5 cm³/mol. The summed E-state index contributed by atoms with van der Waals surface area (Å²) in [7, 11) is 0. The number of carbonyl (C=O) groups is 1. The monoisotopic (exact) mass is 331 g/mol. The van der Waals surface area contributed by atoms with Crippen molar-refractivity contribution in [3.8, 4) is 12.3 Å². The van der Waals surface area contributed by atoms with Crippen LogP contribution < -0.4 is 5.73 Å². The van der Waals surface area contributed by atoms with E-state index >= 15 is 0 Å². The number of aryl methyl sites for hydroxylation is 1. The third kappa shape index (κ3) is 1.83. The molecule has 1 unspecified atom stereocenters. The molecule has 0 radical (unpaired) electrons. The van der Waals surface area contributed by atoms with Crippen LogP contribution in [0.2, 0.25) is 0 Å². The Bertz CT molecular complexity index is 662. The Hall–Kier alpha value is -1.80. The number of carbonyl (C=O) groups excluding carboxylic acids is 1. The van der Waals surface area contributed by atoms with Crippen LogP contribution in [0.4, 0.5) is 4.79 Å². The lowest BCUT2D eigenvalue weighted by Gasteiger charge is -2.40. The van der Waals surface area contributed by atoms with Crippen molar-refractivity contribution in [2.24, 2.45) is 10.7 Å². The predicted octanol–water partition coefficient (Wildman–Crippen LogP) is 2.10. The van der Waals surface area contributed by atoms with Crippen molar-refractivity contribution in [3.63, 3.8) is 0 Å². The van der Waals surface area contributed by atoms with Gasteiger partial charge in [0.1, 0.15) is 11.4 Å². The van der Waals surface area contributed by atoms with Gasteiger partial charge in [-0.25, -0.2) is 4.79 Å². The van der Waals surface area contributed by atoms with E-state index in [9.17, 15) is 4.79 Å². The van der Waals surface area contributed by atoms with E-state index < -0.39 is 5.54 Å². The summed E-state index contributed by atoms with van der Waals surface area (Å²) in [6, 6.07) is 5.89. The molecule has 1 aromatic carbocycles. The van der Waals surface area contributed by atoms with Gasteiger partial charge in [0.15, 0.2) is 0 Å². The molecule has 0 saturated heterocycles. The first kappa shape index (κ1) is 13.2. The zero-order chi connectivity index (χ0) is 14.3. The van der Waals surface area contributed by atoms with Crippen LogP contribution in [0.5, 0.6) is 0 Å². The fourth-order valence-corrected chi connectivity index (χ4v) is 3.50. The van der Waals surface area contributed by atoms with E-state index in [1.807, 2.05) is 6.07 Å². The van der Waals surface area contributed by atoms with Gasteiger partial charge in [-0.15, -0.1) is 6.42 Å². The summed E-state index contributed by atoms with van der Waals surface area (Å²) >= 11 is 3.48. The number of rotatable bonds is 1. The molecule has 4 nitrogen and oxygen atoms in total. The van der Waals surface area contributed by atoms with Crippen LogP contribution in [-0.4, -0.2) is 28.9 Å². The third-order valence-corrected chi connectivity index (χ3v) is 4.64. The number of halogens is 1. The molecule has 0 aromatic heterocycles. The van der Waals surface area contributed by atoms with Crippen molar-refractivity contribution in [1.29, 1.82) is 0 Å². The molecule has 2 aliphatic rings. The molecule has 0 saturated carbocycles. The number of nitrogens with two attached hydrogens (primary N) is 1. The Morgan fingerprint density at radius 3 is 3.05 bits per heavy atom. The summed E-state index contributed by atoms with van der Waals surface area (Å²) in [5.74, 6) is 2.93. The zero-order valence-corrected chi connectivity index (χ0v) is 12.5. The number of fused-ring (bicyclic) bond motifs is 1.